The van der Waals surface area contributed by atoms with E-state index in [0.717, 1.165) is 11.5 Å². The highest BCUT2D eigenvalue weighted by molar-refractivity contribution is 7.64. The fourth-order valence-electron chi connectivity index (χ4n) is 1.10. The lowest BCUT2D eigenvalue weighted by Gasteiger charge is -2.11. The van der Waals surface area contributed by atoms with Gasteiger partial charge < -0.3 is 9.47 Å². The van der Waals surface area contributed by atoms with Crippen LogP contribution in [-0.4, -0.2) is 27.5 Å². The molecule has 0 radical (unpaired) electrons. The predicted octanol–water partition coefficient (Wildman–Crippen LogP) is 2.07. The first kappa shape index (κ1) is 10.3. The van der Waals surface area contributed by atoms with Gasteiger partial charge in [0, 0.05) is 0 Å². The molecule has 0 unspecified atom stereocenters. The van der Waals surface area contributed by atoms with E-state index in [-0.39, 0.29) is 7.92 Å². The van der Waals surface area contributed by atoms with Crippen LogP contribution < -0.4 is 14.8 Å². The maximum Gasteiger partial charge on any atom is 0.161 e. The van der Waals surface area contributed by atoms with Crippen LogP contribution in [0.2, 0.25) is 0 Å². The predicted molar refractivity (Wildman–Crippen MR) is 57.9 cm³/mol. The van der Waals surface area contributed by atoms with Crippen molar-refractivity contribution in [1.29, 1.82) is 0 Å². The molecule has 13 heavy (non-hydrogen) atoms. The van der Waals surface area contributed by atoms with E-state index < -0.39 is 0 Å². The second-order valence-electron chi connectivity index (χ2n) is 2.93. The lowest BCUT2D eigenvalue weighted by Crippen LogP contribution is -2.01. The Kier molecular flexibility index (Phi) is 3.56. The molecule has 0 aliphatic rings. The van der Waals surface area contributed by atoms with E-state index in [9.17, 15) is 0 Å². The molecule has 1 aromatic rings. The van der Waals surface area contributed by atoms with Crippen LogP contribution in [0.1, 0.15) is 0 Å². The van der Waals surface area contributed by atoms with Crippen LogP contribution in [0.15, 0.2) is 18.2 Å². The summed E-state index contributed by atoms with van der Waals surface area (Å²) >= 11 is 0. The van der Waals surface area contributed by atoms with Crippen LogP contribution in [0.5, 0.6) is 11.5 Å². The van der Waals surface area contributed by atoms with Gasteiger partial charge in [0.2, 0.25) is 0 Å². The first-order chi connectivity index (χ1) is 6.19. The van der Waals surface area contributed by atoms with Crippen LogP contribution in [-0.2, 0) is 0 Å². The summed E-state index contributed by atoms with van der Waals surface area (Å²) in [6.07, 6.45) is 0. The molecule has 0 saturated heterocycles. The Bertz CT molecular complexity index is 284. The van der Waals surface area contributed by atoms with E-state index in [2.05, 4.69) is 19.4 Å². The Balaban J connectivity index is 3.05. The van der Waals surface area contributed by atoms with E-state index >= 15 is 0 Å². The molecule has 0 atom stereocenters. The number of rotatable bonds is 3. The van der Waals surface area contributed by atoms with E-state index in [0.29, 0.717) is 0 Å². The largest absolute Gasteiger partial charge is 0.493 e. The zero-order valence-corrected chi connectivity index (χ0v) is 9.39. The Morgan fingerprint density at radius 2 is 1.62 bits per heavy atom. The quantitative estimate of drug-likeness (QED) is 0.692. The third kappa shape index (κ3) is 2.35. The van der Waals surface area contributed by atoms with Gasteiger partial charge in [0.15, 0.2) is 11.5 Å². The summed E-state index contributed by atoms with van der Waals surface area (Å²) in [6.45, 7) is 4.44. The summed E-state index contributed by atoms with van der Waals surface area (Å²) < 4.78 is 10.4. The fourth-order valence-corrected chi connectivity index (χ4v) is 1.85. The SMILES string of the molecule is COc1ccc(P(C)C)cc1OC. The van der Waals surface area contributed by atoms with Crippen molar-refractivity contribution in [3.63, 3.8) is 0 Å². The Morgan fingerprint density at radius 3 is 2.08 bits per heavy atom. The molecule has 0 saturated carbocycles. The van der Waals surface area contributed by atoms with Crippen molar-refractivity contribution in [2.24, 2.45) is 0 Å². The number of hydrogen-bond acceptors (Lipinski definition) is 2. The molecule has 2 nitrogen and oxygen atoms in total. The zero-order chi connectivity index (χ0) is 9.84. The molecular weight excluding hydrogens is 183 g/mol. The minimum absolute atomic E-state index is 0.0704. The van der Waals surface area contributed by atoms with Crippen molar-refractivity contribution < 1.29 is 9.47 Å². The molecule has 0 bridgehead atoms. The molecule has 0 aromatic heterocycles. The van der Waals surface area contributed by atoms with Crippen LogP contribution in [0, 0.1) is 0 Å². The first-order valence-corrected chi connectivity index (χ1v) is 6.32. The minimum atomic E-state index is -0.0704. The smallest absolute Gasteiger partial charge is 0.161 e. The van der Waals surface area contributed by atoms with Crippen LogP contribution in [0.25, 0.3) is 0 Å². The minimum Gasteiger partial charge on any atom is -0.493 e. The van der Waals surface area contributed by atoms with Crippen LogP contribution >= 0.6 is 7.92 Å². The molecule has 0 heterocycles. The Labute approximate surface area is 80.6 Å². The zero-order valence-electron chi connectivity index (χ0n) is 8.50. The van der Waals surface area contributed by atoms with Crippen molar-refractivity contribution >= 4 is 13.2 Å². The first-order valence-electron chi connectivity index (χ1n) is 4.08. The monoisotopic (exact) mass is 198 g/mol. The summed E-state index contributed by atoms with van der Waals surface area (Å²) in [5.74, 6) is 1.61. The van der Waals surface area contributed by atoms with Gasteiger partial charge in [-0.25, -0.2) is 0 Å². The van der Waals surface area contributed by atoms with Gasteiger partial charge in [0.1, 0.15) is 0 Å². The van der Waals surface area contributed by atoms with E-state index in [1.807, 2.05) is 12.1 Å². The van der Waals surface area contributed by atoms with Gasteiger partial charge >= 0.3 is 0 Å². The van der Waals surface area contributed by atoms with Gasteiger partial charge in [-0.3, -0.25) is 0 Å². The van der Waals surface area contributed by atoms with E-state index in [1.54, 1.807) is 14.2 Å². The molecule has 1 rings (SSSR count). The normalized spacial score (nSPS) is 10.2. The van der Waals surface area contributed by atoms with Crippen LogP contribution in [0.4, 0.5) is 0 Å². The molecule has 72 valence electrons. The number of hydrogen-bond donors (Lipinski definition) is 0. The summed E-state index contributed by atoms with van der Waals surface area (Å²) in [5.41, 5.74) is 0. The molecule has 0 aliphatic heterocycles. The van der Waals surface area contributed by atoms with Crippen LogP contribution in [0.3, 0.4) is 0 Å². The third-order valence-corrected chi connectivity index (χ3v) is 3.19. The average Bonchev–Trinajstić information content (AvgIpc) is 2.16. The van der Waals surface area contributed by atoms with Gasteiger partial charge in [0.25, 0.3) is 0 Å². The van der Waals surface area contributed by atoms with Gasteiger partial charge in [-0.2, -0.15) is 0 Å². The lowest BCUT2D eigenvalue weighted by molar-refractivity contribution is 0.355. The van der Waals surface area contributed by atoms with Crippen molar-refractivity contribution in [2.45, 2.75) is 0 Å². The lowest BCUT2D eigenvalue weighted by atomic mass is 10.3. The molecule has 0 aliphatic carbocycles. The number of methoxy groups -OCH3 is 2. The highest BCUT2D eigenvalue weighted by Gasteiger charge is 2.05. The molecule has 3 heteroatoms. The maximum absolute atomic E-state index is 5.21. The van der Waals surface area contributed by atoms with Gasteiger partial charge in [-0.05, 0) is 30.8 Å². The van der Waals surface area contributed by atoms with Gasteiger partial charge in [-0.1, -0.05) is 14.0 Å². The number of ether oxygens (including phenoxy) is 2. The summed E-state index contributed by atoms with van der Waals surface area (Å²) in [7, 11) is 3.24. The number of benzene rings is 1. The summed E-state index contributed by atoms with van der Waals surface area (Å²) in [5, 5.41) is 1.33. The topological polar surface area (TPSA) is 18.5 Å². The Hall–Kier alpha value is -0.750. The third-order valence-electron chi connectivity index (χ3n) is 1.88. The fraction of sp³-hybridized carbons (Fsp3) is 0.400. The summed E-state index contributed by atoms with van der Waals surface area (Å²) in [4.78, 5) is 0. The molecule has 1 aromatic carbocycles. The van der Waals surface area contributed by atoms with Crippen molar-refractivity contribution in [2.75, 3.05) is 27.5 Å². The highest BCUT2D eigenvalue weighted by Crippen LogP contribution is 2.31. The second kappa shape index (κ2) is 4.48. The molecule has 0 amide bonds. The van der Waals surface area contributed by atoms with Crippen molar-refractivity contribution in [1.82, 2.24) is 0 Å². The maximum atomic E-state index is 5.21. The van der Waals surface area contributed by atoms with Crippen molar-refractivity contribution in [3.8, 4) is 11.5 Å². The second-order valence-corrected chi connectivity index (χ2v) is 5.24. The molecule has 0 fully saturated rings. The average molecular weight is 198 g/mol. The van der Waals surface area contributed by atoms with Gasteiger partial charge in [0.05, 0.1) is 14.2 Å². The molecular formula is C10H15O2P. The highest BCUT2D eigenvalue weighted by atomic mass is 31.1. The van der Waals surface area contributed by atoms with Gasteiger partial charge in [-0.15, -0.1) is 0 Å². The standard InChI is InChI=1S/C10H15O2P/c1-11-9-6-5-8(13(3)4)7-10(9)12-2/h5-7H,1-4H3. The molecule has 0 N–H and O–H groups in total. The van der Waals surface area contributed by atoms with E-state index in [1.165, 1.54) is 5.30 Å². The molecule has 0 spiro atoms. The summed E-state index contributed by atoms with van der Waals surface area (Å²) in [6, 6.07) is 6.09. The van der Waals surface area contributed by atoms with Crippen molar-refractivity contribution in [3.05, 3.63) is 18.2 Å². The van der Waals surface area contributed by atoms with E-state index in [4.69, 9.17) is 9.47 Å². The Morgan fingerprint density at radius 1 is 1.00 bits per heavy atom.